The van der Waals surface area contributed by atoms with Gasteiger partial charge in [-0.15, -0.1) is 0 Å². The SMILES string of the molecule is CCCCCCC(C)Nc1ccc(N(C(=S)C(=S)N(c2ccc(NC(C)CCCCCC)cc2)C(C)CCCCCC)C(C)CCCCCC)cc1. The van der Waals surface area contributed by atoms with Crippen molar-refractivity contribution in [3.05, 3.63) is 48.5 Å². The van der Waals surface area contributed by atoms with E-state index in [1.54, 1.807) is 0 Å². The Balaban J connectivity index is 2.34. The maximum Gasteiger partial charge on any atom is 0.141 e. The summed E-state index contributed by atoms with van der Waals surface area (Å²) in [6, 6.07) is 19.3. The molecule has 0 amide bonds. The Bertz CT molecular complexity index is 1120. The predicted octanol–water partition coefficient (Wildman–Crippen LogP) is 14.9. The molecule has 0 bridgehead atoms. The summed E-state index contributed by atoms with van der Waals surface area (Å²) in [5, 5.41) is 7.48. The van der Waals surface area contributed by atoms with E-state index < -0.39 is 0 Å². The van der Waals surface area contributed by atoms with Gasteiger partial charge in [0.25, 0.3) is 0 Å². The zero-order chi connectivity index (χ0) is 38.1. The third-order valence-corrected chi connectivity index (χ3v) is 11.5. The fourth-order valence-corrected chi connectivity index (χ4v) is 8.01. The van der Waals surface area contributed by atoms with Gasteiger partial charge in [0.1, 0.15) is 9.98 Å². The van der Waals surface area contributed by atoms with Crippen LogP contribution in [0, 0.1) is 0 Å². The molecule has 4 nitrogen and oxygen atoms in total. The van der Waals surface area contributed by atoms with Gasteiger partial charge in [-0.1, -0.05) is 155 Å². The molecule has 2 aromatic rings. The van der Waals surface area contributed by atoms with Gasteiger partial charge >= 0.3 is 0 Å². The molecule has 2 aromatic carbocycles. The van der Waals surface area contributed by atoms with Crippen molar-refractivity contribution in [3.63, 3.8) is 0 Å². The number of thiocarbonyl (C=S) groups is 2. The molecule has 0 aliphatic rings. The fraction of sp³-hybridized carbons (Fsp3) is 0.696. The molecule has 6 heteroatoms. The van der Waals surface area contributed by atoms with E-state index >= 15 is 0 Å². The predicted molar refractivity (Wildman–Crippen MR) is 243 cm³/mol. The van der Waals surface area contributed by atoms with Gasteiger partial charge in [-0.2, -0.15) is 0 Å². The van der Waals surface area contributed by atoms with Crippen LogP contribution < -0.4 is 20.4 Å². The van der Waals surface area contributed by atoms with Crippen LogP contribution in [0.4, 0.5) is 22.7 Å². The fourth-order valence-electron chi connectivity index (χ4n) is 7.25. The molecule has 0 heterocycles. The standard InChI is InChI=1S/C46H78N4S2/c1-9-13-17-21-25-37(5)47-41-29-33-43(34-30-41)49(39(7)27-23-19-15-11-3)45(51)46(52)50(40(8)28-24-20-16-12-4)44-35-31-42(32-36-44)48-38(6)26-22-18-14-10-2/h29-40,47-48H,9-28H2,1-8H3. The van der Waals surface area contributed by atoms with Crippen LogP contribution in [-0.4, -0.2) is 34.1 Å². The lowest BCUT2D eigenvalue weighted by molar-refractivity contribution is 0.570. The lowest BCUT2D eigenvalue weighted by atomic mass is 10.0. The molecule has 4 atom stereocenters. The van der Waals surface area contributed by atoms with Crippen LogP contribution in [-0.2, 0) is 0 Å². The summed E-state index contributed by atoms with van der Waals surface area (Å²) < 4.78 is 0. The Hall–Kier alpha value is -2.18. The average Bonchev–Trinajstić information content (AvgIpc) is 3.14. The molecule has 0 fully saturated rings. The average molecular weight is 751 g/mol. The van der Waals surface area contributed by atoms with Crippen molar-refractivity contribution in [3.8, 4) is 0 Å². The molecule has 0 aliphatic carbocycles. The first kappa shape index (κ1) is 46.0. The number of nitrogens with one attached hydrogen (secondary N) is 2. The van der Waals surface area contributed by atoms with Gasteiger partial charge in [0.15, 0.2) is 0 Å². The van der Waals surface area contributed by atoms with Crippen LogP contribution in [0.5, 0.6) is 0 Å². The minimum Gasteiger partial charge on any atom is -0.383 e. The van der Waals surface area contributed by atoms with Crippen LogP contribution in [0.1, 0.15) is 184 Å². The number of rotatable bonds is 28. The maximum atomic E-state index is 6.44. The Morgan fingerprint density at radius 3 is 1.02 bits per heavy atom. The minimum absolute atomic E-state index is 0.241. The number of benzene rings is 2. The zero-order valence-electron chi connectivity index (χ0n) is 34.8. The van der Waals surface area contributed by atoms with Gasteiger partial charge in [-0.3, -0.25) is 0 Å². The summed E-state index contributed by atoms with van der Waals surface area (Å²) in [6.45, 7) is 18.4. The second-order valence-electron chi connectivity index (χ2n) is 15.6. The highest BCUT2D eigenvalue weighted by molar-refractivity contribution is 7.89. The van der Waals surface area contributed by atoms with E-state index in [1.165, 1.54) is 127 Å². The van der Waals surface area contributed by atoms with Gasteiger partial charge in [-0.25, -0.2) is 0 Å². The topological polar surface area (TPSA) is 30.5 Å². The second-order valence-corrected chi connectivity index (χ2v) is 16.4. The van der Waals surface area contributed by atoms with Crippen molar-refractivity contribution < 1.29 is 0 Å². The van der Waals surface area contributed by atoms with E-state index in [1.807, 2.05) is 0 Å². The first-order chi connectivity index (χ1) is 25.2. The molecule has 294 valence electrons. The lowest BCUT2D eigenvalue weighted by Gasteiger charge is -2.38. The summed E-state index contributed by atoms with van der Waals surface area (Å²) in [6.07, 6.45) is 24.9. The summed E-state index contributed by atoms with van der Waals surface area (Å²) in [5.74, 6) is 0. The Labute approximate surface area is 332 Å². The lowest BCUT2D eigenvalue weighted by Crippen LogP contribution is -2.50. The van der Waals surface area contributed by atoms with E-state index in [4.69, 9.17) is 24.4 Å². The minimum atomic E-state index is 0.241. The van der Waals surface area contributed by atoms with Crippen molar-refractivity contribution >= 4 is 57.2 Å². The highest BCUT2D eigenvalue weighted by Crippen LogP contribution is 2.29. The number of unbranched alkanes of at least 4 members (excludes halogenated alkanes) is 12. The van der Waals surface area contributed by atoms with Crippen LogP contribution in [0.15, 0.2) is 48.5 Å². The van der Waals surface area contributed by atoms with Crippen LogP contribution in [0.2, 0.25) is 0 Å². The normalized spacial score (nSPS) is 13.6. The Kier molecular flexibility index (Phi) is 24.2. The van der Waals surface area contributed by atoms with E-state index in [0.717, 1.165) is 34.2 Å². The van der Waals surface area contributed by atoms with Crippen LogP contribution in [0.25, 0.3) is 0 Å². The number of hydrogen-bond donors (Lipinski definition) is 2. The molecule has 0 saturated heterocycles. The van der Waals surface area contributed by atoms with Crippen molar-refractivity contribution in [1.29, 1.82) is 0 Å². The first-order valence-corrected chi connectivity index (χ1v) is 22.4. The maximum absolute atomic E-state index is 6.44. The summed E-state index contributed by atoms with van der Waals surface area (Å²) in [4.78, 5) is 6.22. The zero-order valence-corrected chi connectivity index (χ0v) is 36.4. The molecule has 2 N–H and O–H groups in total. The molecule has 0 saturated carbocycles. The van der Waals surface area contributed by atoms with Crippen molar-refractivity contribution in [2.45, 2.75) is 208 Å². The van der Waals surface area contributed by atoms with Gasteiger partial charge in [-0.05, 0) is 102 Å². The Morgan fingerprint density at radius 2 is 0.731 bits per heavy atom. The number of nitrogens with zero attached hydrogens (tertiary/aromatic N) is 2. The van der Waals surface area contributed by atoms with E-state index in [9.17, 15) is 0 Å². The highest BCUT2D eigenvalue weighted by atomic mass is 32.1. The monoisotopic (exact) mass is 751 g/mol. The molecule has 0 radical (unpaired) electrons. The highest BCUT2D eigenvalue weighted by Gasteiger charge is 2.28. The molecule has 0 aromatic heterocycles. The number of anilines is 4. The third kappa shape index (κ3) is 17.3. The van der Waals surface area contributed by atoms with Gasteiger partial charge in [0.2, 0.25) is 0 Å². The van der Waals surface area contributed by atoms with Crippen LogP contribution >= 0.6 is 24.4 Å². The quantitative estimate of drug-likeness (QED) is 0.0665. The van der Waals surface area contributed by atoms with Gasteiger partial charge in [0.05, 0.1) is 0 Å². The Morgan fingerprint density at radius 1 is 0.442 bits per heavy atom. The summed E-state index contributed by atoms with van der Waals surface area (Å²) in [7, 11) is 0. The molecule has 0 spiro atoms. The van der Waals surface area contributed by atoms with E-state index in [0.29, 0.717) is 12.1 Å². The molecule has 0 aliphatic heterocycles. The second kappa shape index (κ2) is 27.4. The van der Waals surface area contributed by atoms with Gasteiger partial charge < -0.3 is 20.4 Å². The smallest absolute Gasteiger partial charge is 0.141 e. The van der Waals surface area contributed by atoms with Crippen molar-refractivity contribution in [2.24, 2.45) is 0 Å². The number of hydrogen-bond acceptors (Lipinski definition) is 4. The van der Waals surface area contributed by atoms with Crippen molar-refractivity contribution in [2.75, 3.05) is 20.4 Å². The third-order valence-electron chi connectivity index (χ3n) is 10.6. The largest absolute Gasteiger partial charge is 0.383 e. The van der Waals surface area contributed by atoms with E-state index in [2.05, 4.69) is 124 Å². The van der Waals surface area contributed by atoms with Crippen LogP contribution in [0.3, 0.4) is 0 Å². The molecular weight excluding hydrogens is 673 g/mol. The molecule has 2 rings (SSSR count). The van der Waals surface area contributed by atoms with Gasteiger partial charge in [0, 0.05) is 46.9 Å². The molecule has 52 heavy (non-hydrogen) atoms. The first-order valence-electron chi connectivity index (χ1n) is 21.6. The van der Waals surface area contributed by atoms with Crippen molar-refractivity contribution in [1.82, 2.24) is 0 Å². The summed E-state index contributed by atoms with van der Waals surface area (Å²) in [5.41, 5.74) is 4.59. The molecule has 4 unspecified atom stereocenters. The molecular formula is C46H78N4S2. The summed E-state index contributed by atoms with van der Waals surface area (Å²) >= 11 is 12.9. The van der Waals surface area contributed by atoms with E-state index in [-0.39, 0.29) is 12.1 Å².